The first-order valence-corrected chi connectivity index (χ1v) is 13.5. The Bertz CT molecular complexity index is 1590. The molecule has 200 valence electrons. The lowest BCUT2D eigenvalue weighted by molar-refractivity contribution is -0.132. The third-order valence-electron chi connectivity index (χ3n) is 6.35. The number of ether oxygens (including phenoxy) is 2. The lowest BCUT2D eigenvalue weighted by Crippen LogP contribution is -2.29. The molecule has 0 bridgehead atoms. The van der Waals surface area contributed by atoms with E-state index in [0.717, 1.165) is 16.7 Å². The van der Waals surface area contributed by atoms with Crippen LogP contribution in [0.3, 0.4) is 0 Å². The monoisotopic (exact) mass is 546 g/mol. The van der Waals surface area contributed by atoms with Crippen LogP contribution in [0.15, 0.2) is 66.2 Å². The molecular weight excluding hydrogens is 519 g/mol. The maximum Gasteiger partial charge on any atom is 0.301 e. The molecule has 9 heteroatoms. The molecule has 1 unspecified atom stereocenters. The smallest absolute Gasteiger partial charge is 0.301 e. The third kappa shape index (κ3) is 4.97. The van der Waals surface area contributed by atoms with Crippen LogP contribution < -0.4 is 14.4 Å². The Morgan fingerprint density at radius 3 is 2.51 bits per heavy atom. The summed E-state index contributed by atoms with van der Waals surface area (Å²) in [5, 5.41) is 11.6. The molecule has 0 saturated carbocycles. The third-order valence-corrected chi connectivity index (χ3v) is 7.36. The van der Waals surface area contributed by atoms with Crippen molar-refractivity contribution < 1.29 is 28.6 Å². The summed E-state index contributed by atoms with van der Waals surface area (Å²) in [4.78, 5) is 33.0. The summed E-state index contributed by atoms with van der Waals surface area (Å²) < 4.78 is 26.1. The van der Waals surface area contributed by atoms with Crippen LogP contribution in [0, 0.1) is 12.7 Å². The first-order valence-electron chi connectivity index (χ1n) is 12.7. The minimum atomic E-state index is -1.00. The number of rotatable bonds is 8. The van der Waals surface area contributed by atoms with E-state index in [9.17, 15) is 19.1 Å². The zero-order chi connectivity index (χ0) is 27.7. The molecule has 0 spiro atoms. The Kier molecular flexibility index (Phi) is 7.34. The van der Waals surface area contributed by atoms with Crippen molar-refractivity contribution in [3.63, 3.8) is 0 Å². The van der Waals surface area contributed by atoms with E-state index >= 15 is 0 Å². The normalized spacial score (nSPS) is 16.7. The van der Waals surface area contributed by atoms with Crippen LogP contribution in [0.5, 0.6) is 11.5 Å². The number of halogens is 1. The van der Waals surface area contributed by atoms with Crippen LogP contribution >= 0.6 is 11.3 Å². The van der Waals surface area contributed by atoms with E-state index in [2.05, 4.69) is 4.98 Å². The first-order chi connectivity index (χ1) is 18.8. The number of fused-ring (bicyclic) bond motifs is 1. The molecule has 3 aromatic carbocycles. The molecule has 0 aliphatic carbocycles. The molecule has 1 atom stereocenters. The average molecular weight is 547 g/mol. The molecule has 1 saturated heterocycles. The van der Waals surface area contributed by atoms with E-state index in [1.807, 2.05) is 39.0 Å². The standard InChI is InChI=1S/C30H27FN2O5S/c1-4-14-38-22-13-9-19(16-23(22)37-5-2)26-25(27(34)18-7-10-20(31)11-8-18)28(35)29(36)33(26)30-32-21-12-6-17(3)15-24(21)39-30/h6-13,15-16,26,34H,4-5,14H2,1-3H3. The van der Waals surface area contributed by atoms with Crippen molar-refractivity contribution in [2.75, 3.05) is 18.1 Å². The fourth-order valence-corrected chi connectivity index (χ4v) is 5.62. The van der Waals surface area contributed by atoms with E-state index in [0.29, 0.717) is 40.9 Å². The van der Waals surface area contributed by atoms with E-state index < -0.39 is 29.3 Å². The molecule has 1 fully saturated rings. The Hall–Kier alpha value is -4.24. The maximum atomic E-state index is 13.6. The Balaban J connectivity index is 1.71. The zero-order valence-corrected chi connectivity index (χ0v) is 22.5. The van der Waals surface area contributed by atoms with Gasteiger partial charge in [-0.05, 0) is 79.9 Å². The van der Waals surface area contributed by atoms with Crippen LogP contribution in [0.4, 0.5) is 9.52 Å². The van der Waals surface area contributed by atoms with Gasteiger partial charge in [-0.2, -0.15) is 0 Å². The van der Waals surface area contributed by atoms with Crippen LogP contribution in [-0.4, -0.2) is 35.0 Å². The van der Waals surface area contributed by atoms with Crippen molar-refractivity contribution in [1.82, 2.24) is 4.98 Å². The quantitative estimate of drug-likeness (QED) is 0.153. The van der Waals surface area contributed by atoms with Crippen LogP contribution in [0.25, 0.3) is 16.0 Å². The van der Waals surface area contributed by atoms with Crippen LogP contribution in [0.2, 0.25) is 0 Å². The highest BCUT2D eigenvalue weighted by atomic mass is 32.1. The second-order valence-corrected chi connectivity index (χ2v) is 10.1. The van der Waals surface area contributed by atoms with Gasteiger partial charge in [0.05, 0.1) is 35.0 Å². The van der Waals surface area contributed by atoms with Gasteiger partial charge in [-0.15, -0.1) is 0 Å². The number of Topliss-reactive ketones (excluding diaryl/α,β-unsaturated/α-hetero) is 1. The number of amides is 1. The minimum Gasteiger partial charge on any atom is -0.507 e. The van der Waals surface area contributed by atoms with Crippen molar-refractivity contribution in [2.24, 2.45) is 0 Å². The zero-order valence-electron chi connectivity index (χ0n) is 21.7. The SMILES string of the molecule is CCCOc1ccc(C2C(=C(O)c3ccc(F)cc3)C(=O)C(=O)N2c2nc3ccc(C)cc3s2)cc1OCC. The minimum absolute atomic E-state index is 0.119. The molecule has 1 amide bonds. The number of anilines is 1. The fraction of sp³-hybridized carbons (Fsp3) is 0.233. The number of benzene rings is 3. The predicted octanol–water partition coefficient (Wildman–Crippen LogP) is 6.56. The number of thiazole rings is 1. The second kappa shape index (κ2) is 10.9. The van der Waals surface area contributed by atoms with Gasteiger partial charge in [0.25, 0.3) is 5.78 Å². The number of nitrogens with zero attached hydrogens (tertiary/aromatic N) is 2. The molecular formula is C30H27FN2O5S. The molecule has 1 aromatic heterocycles. The van der Waals surface area contributed by atoms with Gasteiger partial charge >= 0.3 is 5.91 Å². The fourth-order valence-electron chi connectivity index (χ4n) is 4.53. The average Bonchev–Trinajstić information content (AvgIpc) is 3.45. The van der Waals surface area contributed by atoms with Crippen LogP contribution in [-0.2, 0) is 9.59 Å². The number of aliphatic hydroxyl groups is 1. The van der Waals surface area contributed by atoms with Gasteiger partial charge in [0.2, 0.25) is 0 Å². The van der Waals surface area contributed by atoms with Crippen molar-refractivity contribution in [3.05, 3.63) is 88.7 Å². The summed E-state index contributed by atoms with van der Waals surface area (Å²) in [6.45, 7) is 6.68. The van der Waals surface area contributed by atoms with E-state index in [1.165, 1.54) is 40.5 Å². The molecule has 2 heterocycles. The molecule has 1 aliphatic rings. The van der Waals surface area contributed by atoms with Gasteiger partial charge in [0.1, 0.15) is 11.6 Å². The van der Waals surface area contributed by atoms with E-state index in [1.54, 1.807) is 18.2 Å². The predicted molar refractivity (Wildman–Crippen MR) is 149 cm³/mol. The highest BCUT2D eigenvalue weighted by Gasteiger charge is 2.48. The number of hydrogen-bond donors (Lipinski definition) is 1. The van der Waals surface area contributed by atoms with Crippen molar-refractivity contribution in [1.29, 1.82) is 0 Å². The summed E-state index contributed by atoms with van der Waals surface area (Å²) >= 11 is 1.29. The number of ketones is 1. The first kappa shape index (κ1) is 26.4. The number of aromatic nitrogens is 1. The number of aliphatic hydroxyl groups excluding tert-OH is 1. The summed E-state index contributed by atoms with van der Waals surface area (Å²) in [5.74, 6) is -1.58. The number of hydrogen-bond acceptors (Lipinski definition) is 7. The van der Waals surface area contributed by atoms with E-state index in [-0.39, 0.29) is 11.1 Å². The highest BCUT2D eigenvalue weighted by molar-refractivity contribution is 7.22. The molecule has 7 nitrogen and oxygen atoms in total. The maximum absolute atomic E-state index is 13.6. The summed E-state index contributed by atoms with van der Waals surface area (Å²) in [6.07, 6.45) is 0.808. The number of aryl methyl sites for hydroxylation is 1. The van der Waals surface area contributed by atoms with Crippen LogP contribution in [0.1, 0.15) is 43.0 Å². The number of carbonyl (C=O) groups excluding carboxylic acids is 2. The van der Waals surface area contributed by atoms with Gasteiger partial charge in [0.15, 0.2) is 16.6 Å². The van der Waals surface area contributed by atoms with Gasteiger partial charge in [0, 0.05) is 5.56 Å². The Labute approximate surface area is 229 Å². The van der Waals surface area contributed by atoms with E-state index in [4.69, 9.17) is 9.47 Å². The molecule has 0 radical (unpaired) electrons. The van der Waals surface area contributed by atoms with Crippen molar-refractivity contribution in [2.45, 2.75) is 33.2 Å². The van der Waals surface area contributed by atoms with Gasteiger partial charge in [-0.25, -0.2) is 9.37 Å². The lowest BCUT2D eigenvalue weighted by Gasteiger charge is -2.24. The Morgan fingerprint density at radius 1 is 1.03 bits per heavy atom. The Morgan fingerprint density at radius 2 is 1.79 bits per heavy atom. The molecule has 4 aromatic rings. The molecule has 1 aliphatic heterocycles. The molecule has 5 rings (SSSR count). The topological polar surface area (TPSA) is 89.0 Å². The second-order valence-electron chi connectivity index (χ2n) is 9.13. The highest BCUT2D eigenvalue weighted by Crippen LogP contribution is 2.46. The largest absolute Gasteiger partial charge is 0.507 e. The summed E-state index contributed by atoms with van der Waals surface area (Å²) in [6, 6.07) is 15.0. The van der Waals surface area contributed by atoms with Gasteiger partial charge in [-0.3, -0.25) is 14.5 Å². The van der Waals surface area contributed by atoms with Gasteiger partial charge in [-0.1, -0.05) is 30.4 Å². The molecule has 39 heavy (non-hydrogen) atoms. The summed E-state index contributed by atoms with van der Waals surface area (Å²) in [5.41, 5.74) is 2.36. The number of carbonyl (C=O) groups is 2. The van der Waals surface area contributed by atoms with Crippen molar-refractivity contribution in [3.8, 4) is 11.5 Å². The molecule has 1 N–H and O–H groups in total. The van der Waals surface area contributed by atoms with Crippen molar-refractivity contribution >= 4 is 44.1 Å². The summed E-state index contributed by atoms with van der Waals surface area (Å²) in [7, 11) is 0. The van der Waals surface area contributed by atoms with Gasteiger partial charge < -0.3 is 14.6 Å². The lowest BCUT2D eigenvalue weighted by atomic mass is 9.95.